The van der Waals surface area contributed by atoms with Crippen LogP contribution >= 0.6 is 0 Å². The molecule has 0 saturated carbocycles. The fourth-order valence-electron chi connectivity index (χ4n) is 3.65. The van der Waals surface area contributed by atoms with Crippen LogP contribution in [-0.4, -0.2) is 63.4 Å². The van der Waals surface area contributed by atoms with E-state index in [1.54, 1.807) is 6.92 Å². The van der Waals surface area contributed by atoms with Crippen molar-refractivity contribution < 1.29 is 19.2 Å². The first-order chi connectivity index (χ1) is 14.0. The number of carbonyl (C=O) groups is 1. The Hall–Kier alpha value is -3.14. The van der Waals surface area contributed by atoms with Crippen LogP contribution in [0.2, 0.25) is 0 Å². The molecule has 29 heavy (non-hydrogen) atoms. The molecule has 4 rings (SSSR count). The normalized spacial score (nSPS) is 16.2. The summed E-state index contributed by atoms with van der Waals surface area (Å²) in [6.07, 6.45) is 1.51. The quantitative estimate of drug-likeness (QED) is 0.535. The van der Waals surface area contributed by atoms with Crippen LogP contribution in [0.1, 0.15) is 17.7 Å². The van der Waals surface area contributed by atoms with Gasteiger partial charge in [-0.3, -0.25) is 24.5 Å². The number of hydrogen-bond donors (Lipinski definition) is 0. The predicted octanol–water partition coefficient (Wildman–Crippen LogP) is 1.56. The van der Waals surface area contributed by atoms with Gasteiger partial charge >= 0.3 is 5.69 Å². The maximum atomic E-state index is 12.5. The number of hydrogen-bond acceptors (Lipinski definition) is 7. The van der Waals surface area contributed by atoms with Gasteiger partial charge in [-0.1, -0.05) is 6.07 Å². The lowest BCUT2D eigenvalue weighted by atomic mass is 10.1. The van der Waals surface area contributed by atoms with Gasteiger partial charge in [-0.15, -0.1) is 0 Å². The van der Waals surface area contributed by atoms with Crippen molar-refractivity contribution in [2.24, 2.45) is 0 Å². The zero-order valence-corrected chi connectivity index (χ0v) is 16.2. The Morgan fingerprint density at radius 1 is 1.21 bits per heavy atom. The van der Waals surface area contributed by atoms with Crippen LogP contribution in [-0.2, 0) is 17.9 Å². The highest BCUT2D eigenvalue weighted by molar-refractivity contribution is 5.76. The molecule has 1 saturated heterocycles. The largest absolute Gasteiger partial charge is 0.454 e. The van der Waals surface area contributed by atoms with E-state index in [4.69, 9.17) is 9.47 Å². The molecule has 2 aliphatic heterocycles. The van der Waals surface area contributed by atoms with Crippen molar-refractivity contribution in [1.29, 1.82) is 0 Å². The van der Waals surface area contributed by atoms with E-state index in [9.17, 15) is 14.9 Å². The Balaban J connectivity index is 1.25. The van der Waals surface area contributed by atoms with Crippen molar-refractivity contribution in [3.8, 4) is 11.5 Å². The number of rotatable bonds is 6. The second-order valence-corrected chi connectivity index (χ2v) is 7.19. The average Bonchev–Trinajstić information content (AvgIpc) is 3.32. The zero-order valence-electron chi connectivity index (χ0n) is 16.2. The van der Waals surface area contributed by atoms with Crippen molar-refractivity contribution in [1.82, 2.24) is 19.6 Å². The molecule has 154 valence electrons. The van der Waals surface area contributed by atoms with Crippen molar-refractivity contribution in [3.05, 3.63) is 45.8 Å². The molecular formula is C19H23N5O5. The van der Waals surface area contributed by atoms with Gasteiger partial charge in [0.15, 0.2) is 11.5 Å². The van der Waals surface area contributed by atoms with Crippen LogP contribution in [0, 0.1) is 17.0 Å². The molecule has 1 amide bonds. The summed E-state index contributed by atoms with van der Waals surface area (Å²) in [5.41, 5.74) is 1.61. The summed E-state index contributed by atoms with van der Waals surface area (Å²) < 4.78 is 12.3. The van der Waals surface area contributed by atoms with Crippen LogP contribution in [0.25, 0.3) is 0 Å². The second-order valence-electron chi connectivity index (χ2n) is 7.19. The van der Waals surface area contributed by atoms with Gasteiger partial charge in [-0.2, -0.15) is 5.10 Å². The van der Waals surface area contributed by atoms with E-state index >= 15 is 0 Å². The van der Waals surface area contributed by atoms with Gasteiger partial charge in [0, 0.05) is 39.1 Å². The fraction of sp³-hybridized carbons (Fsp3) is 0.474. The minimum atomic E-state index is -0.458. The lowest BCUT2D eigenvalue weighted by Crippen LogP contribution is -2.48. The fourth-order valence-corrected chi connectivity index (χ4v) is 3.65. The number of carbonyl (C=O) groups excluding carboxylic acids is 1. The number of ether oxygens (including phenoxy) is 2. The van der Waals surface area contributed by atoms with E-state index in [1.165, 1.54) is 10.9 Å². The monoisotopic (exact) mass is 401 g/mol. The molecule has 10 heteroatoms. The first-order valence-electron chi connectivity index (χ1n) is 9.57. The van der Waals surface area contributed by atoms with Gasteiger partial charge in [-0.05, 0) is 24.6 Å². The molecular weight excluding hydrogens is 378 g/mol. The SMILES string of the molecule is Cc1c([N+](=O)[O-])cnn1CCC(=O)N1CCN(Cc2ccc3c(c2)OCO3)CC1. The van der Waals surface area contributed by atoms with E-state index in [2.05, 4.69) is 10.00 Å². The zero-order chi connectivity index (χ0) is 20.4. The molecule has 0 spiro atoms. The summed E-state index contributed by atoms with van der Waals surface area (Å²) in [5.74, 6) is 1.61. The number of nitro groups is 1. The Kier molecular flexibility index (Phi) is 5.34. The molecule has 1 fully saturated rings. The molecule has 1 aromatic heterocycles. The van der Waals surface area contributed by atoms with Crippen molar-refractivity contribution in [2.75, 3.05) is 33.0 Å². The lowest BCUT2D eigenvalue weighted by molar-refractivity contribution is -0.385. The summed E-state index contributed by atoms with van der Waals surface area (Å²) in [6, 6.07) is 5.97. The second kappa shape index (κ2) is 8.08. The van der Waals surface area contributed by atoms with E-state index in [0.29, 0.717) is 25.3 Å². The van der Waals surface area contributed by atoms with E-state index < -0.39 is 4.92 Å². The summed E-state index contributed by atoms with van der Waals surface area (Å²) in [6.45, 7) is 5.99. The van der Waals surface area contributed by atoms with Crippen molar-refractivity contribution >= 4 is 11.6 Å². The number of aryl methyl sites for hydroxylation is 1. The Bertz CT molecular complexity index is 920. The molecule has 0 N–H and O–H groups in total. The smallest absolute Gasteiger partial charge is 0.309 e. The van der Waals surface area contributed by atoms with Gasteiger partial charge in [0.1, 0.15) is 11.9 Å². The number of fused-ring (bicyclic) bond motifs is 1. The number of aromatic nitrogens is 2. The van der Waals surface area contributed by atoms with Gasteiger partial charge in [0.25, 0.3) is 0 Å². The highest BCUT2D eigenvalue weighted by Crippen LogP contribution is 2.32. The van der Waals surface area contributed by atoms with Gasteiger partial charge < -0.3 is 14.4 Å². The molecule has 0 unspecified atom stereocenters. The average molecular weight is 401 g/mol. The molecule has 0 radical (unpaired) electrons. The summed E-state index contributed by atoms with van der Waals surface area (Å²) in [4.78, 5) is 27.1. The molecule has 3 heterocycles. The Labute approximate surface area is 167 Å². The predicted molar refractivity (Wildman–Crippen MR) is 103 cm³/mol. The number of piperazine rings is 1. The first-order valence-corrected chi connectivity index (χ1v) is 9.57. The van der Waals surface area contributed by atoms with Crippen LogP contribution in [0.15, 0.2) is 24.4 Å². The molecule has 10 nitrogen and oxygen atoms in total. The maximum absolute atomic E-state index is 12.5. The number of benzene rings is 1. The maximum Gasteiger partial charge on any atom is 0.309 e. The summed E-state index contributed by atoms with van der Waals surface area (Å²) >= 11 is 0. The minimum Gasteiger partial charge on any atom is -0.454 e. The van der Waals surface area contributed by atoms with E-state index in [0.717, 1.165) is 36.7 Å². The standard InChI is InChI=1S/C19H23N5O5/c1-14-16(24(26)27)11-20-23(14)5-4-19(25)22-8-6-21(7-9-22)12-15-2-3-17-18(10-15)29-13-28-17/h2-3,10-11H,4-9,12-13H2,1H3. The number of amides is 1. The van der Waals surface area contributed by atoms with Gasteiger partial charge in [0.05, 0.1) is 11.5 Å². The molecule has 2 aliphatic rings. The van der Waals surface area contributed by atoms with E-state index in [1.807, 2.05) is 23.1 Å². The molecule has 0 aliphatic carbocycles. The van der Waals surface area contributed by atoms with Crippen LogP contribution in [0.5, 0.6) is 11.5 Å². The van der Waals surface area contributed by atoms with Gasteiger partial charge in [0.2, 0.25) is 12.7 Å². The van der Waals surface area contributed by atoms with Crippen molar-refractivity contribution in [2.45, 2.75) is 26.4 Å². The Morgan fingerprint density at radius 2 is 1.97 bits per heavy atom. The topological polar surface area (TPSA) is 103 Å². The third-order valence-corrected chi connectivity index (χ3v) is 5.38. The van der Waals surface area contributed by atoms with Gasteiger partial charge in [-0.25, -0.2) is 0 Å². The third kappa shape index (κ3) is 4.16. The molecule has 1 aromatic carbocycles. The first kappa shape index (κ1) is 19.2. The minimum absolute atomic E-state index is 0.0189. The highest BCUT2D eigenvalue weighted by Gasteiger charge is 2.23. The molecule has 0 bridgehead atoms. The van der Waals surface area contributed by atoms with Crippen molar-refractivity contribution in [3.63, 3.8) is 0 Å². The molecule has 0 atom stereocenters. The number of nitrogens with zero attached hydrogens (tertiary/aromatic N) is 5. The highest BCUT2D eigenvalue weighted by atomic mass is 16.7. The van der Waals surface area contributed by atoms with E-state index in [-0.39, 0.29) is 24.8 Å². The van der Waals surface area contributed by atoms with Crippen LogP contribution < -0.4 is 9.47 Å². The lowest BCUT2D eigenvalue weighted by Gasteiger charge is -2.34. The summed E-state index contributed by atoms with van der Waals surface area (Å²) in [5, 5.41) is 14.9. The summed E-state index contributed by atoms with van der Waals surface area (Å²) in [7, 11) is 0. The van der Waals surface area contributed by atoms with Crippen LogP contribution in [0.3, 0.4) is 0 Å². The Morgan fingerprint density at radius 3 is 2.69 bits per heavy atom. The molecule has 2 aromatic rings. The van der Waals surface area contributed by atoms with Crippen LogP contribution in [0.4, 0.5) is 5.69 Å². The third-order valence-electron chi connectivity index (χ3n) is 5.38.